The summed E-state index contributed by atoms with van der Waals surface area (Å²) in [6, 6.07) is 0. The Kier molecular flexibility index (Phi) is 3.77. The van der Waals surface area contributed by atoms with E-state index in [1.54, 1.807) is 0 Å². The first-order valence-electron chi connectivity index (χ1n) is 4.02. The minimum atomic E-state index is -0.419. The summed E-state index contributed by atoms with van der Waals surface area (Å²) in [5.41, 5.74) is -0.419. The first-order valence-corrected chi connectivity index (χ1v) is 5.54. The third-order valence-corrected chi connectivity index (χ3v) is 3.33. The molecule has 1 atom stereocenters. The lowest BCUT2D eigenvalue weighted by atomic mass is 10.1. The van der Waals surface area contributed by atoms with Crippen LogP contribution in [0.1, 0.15) is 19.8 Å². The van der Waals surface area contributed by atoms with E-state index in [2.05, 4.69) is 22.6 Å². The molecule has 0 aromatic carbocycles. The summed E-state index contributed by atoms with van der Waals surface area (Å²) in [7, 11) is 0. The van der Waals surface area contributed by atoms with E-state index >= 15 is 0 Å². The number of rotatable bonds is 1. The molecule has 1 fully saturated rings. The van der Waals surface area contributed by atoms with Gasteiger partial charge in [-0.2, -0.15) is 0 Å². The second-order valence-corrected chi connectivity index (χ2v) is 3.98. The van der Waals surface area contributed by atoms with Crippen LogP contribution in [0.15, 0.2) is 0 Å². The SMILES string of the molecule is CC1(CI)COCCCC(=O)O1. The molecule has 0 aliphatic carbocycles. The van der Waals surface area contributed by atoms with Crippen molar-refractivity contribution in [3.05, 3.63) is 0 Å². The van der Waals surface area contributed by atoms with Crippen molar-refractivity contribution >= 4 is 28.6 Å². The zero-order chi connectivity index (χ0) is 9.03. The molecule has 1 heterocycles. The molecule has 0 spiro atoms. The van der Waals surface area contributed by atoms with E-state index in [4.69, 9.17) is 9.47 Å². The van der Waals surface area contributed by atoms with Crippen molar-refractivity contribution in [1.29, 1.82) is 0 Å². The average molecular weight is 284 g/mol. The van der Waals surface area contributed by atoms with Crippen LogP contribution in [-0.4, -0.2) is 29.2 Å². The van der Waals surface area contributed by atoms with Crippen LogP contribution in [0.4, 0.5) is 0 Å². The standard InChI is InChI=1S/C8H13IO3/c1-8(5-9)6-11-4-2-3-7(10)12-8/h2-6H2,1H3. The van der Waals surface area contributed by atoms with E-state index in [0.717, 1.165) is 10.8 Å². The van der Waals surface area contributed by atoms with Crippen molar-refractivity contribution in [2.75, 3.05) is 17.6 Å². The van der Waals surface area contributed by atoms with E-state index in [1.165, 1.54) is 0 Å². The lowest BCUT2D eigenvalue weighted by Crippen LogP contribution is -2.40. The maximum atomic E-state index is 11.1. The van der Waals surface area contributed by atoms with E-state index in [-0.39, 0.29) is 5.97 Å². The molecule has 4 heteroatoms. The normalized spacial score (nSPS) is 32.0. The maximum Gasteiger partial charge on any atom is 0.306 e. The monoisotopic (exact) mass is 284 g/mol. The van der Waals surface area contributed by atoms with Crippen LogP contribution in [0.2, 0.25) is 0 Å². The minimum absolute atomic E-state index is 0.0996. The molecule has 70 valence electrons. The van der Waals surface area contributed by atoms with Gasteiger partial charge in [0.25, 0.3) is 0 Å². The van der Waals surface area contributed by atoms with E-state index < -0.39 is 5.60 Å². The summed E-state index contributed by atoms with van der Waals surface area (Å²) in [5.74, 6) is -0.0996. The summed E-state index contributed by atoms with van der Waals surface area (Å²) in [6.45, 7) is 3.09. The minimum Gasteiger partial charge on any atom is -0.456 e. The fourth-order valence-electron chi connectivity index (χ4n) is 1.03. The second-order valence-electron chi connectivity index (χ2n) is 3.21. The summed E-state index contributed by atoms with van der Waals surface area (Å²) >= 11 is 2.21. The molecular formula is C8H13IO3. The Morgan fingerprint density at radius 3 is 3.08 bits per heavy atom. The highest BCUT2D eigenvalue weighted by molar-refractivity contribution is 14.1. The molecule has 0 amide bonds. The van der Waals surface area contributed by atoms with Gasteiger partial charge in [0.15, 0.2) is 0 Å². The first kappa shape index (κ1) is 10.2. The Morgan fingerprint density at radius 2 is 2.42 bits per heavy atom. The molecule has 1 unspecified atom stereocenters. The Bertz CT molecular complexity index is 172. The maximum absolute atomic E-state index is 11.1. The fraction of sp³-hybridized carbons (Fsp3) is 0.875. The smallest absolute Gasteiger partial charge is 0.306 e. The van der Waals surface area contributed by atoms with Gasteiger partial charge >= 0.3 is 5.97 Å². The van der Waals surface area contributed by atoms with Gasteiger partial charge < -0.3 is 9.47 Å². The van der Waals surface area contributed by atoms with E-state index in [0.29, 0.717) is 19.6 Å². The van der Waals surface area contributed by atoms with Gasteiger partial charge in [-0.1, -0.05) is 22.6 Å². The van der Waals surface area contributed by atoms with Crippen LogP contribution in [0.3, 0.4) is 0 Å². The lowest BCUT2D eigenvalue weighted by molar-refractivity contribution is -0.165. The van der Waals surface area contributed by atoms with Crippen LogP contribution < -0.4 is 0 Å². The number of hydrogen-bond acceptors (Lipinski definition) is 3. The summed E-state index contributed by atoms with van der Waals surface area (Å²) in [4.78, 5) is 11.1. The summed E-state index contributed by atoms with van der Waals surface area (Å²) in [5, 5.41) is 0. The number of esters is 1. The predicted molar refractivity (Wildman–Crippen MR) is 53.4 cm³/mol. The highest BCUT2D eigenvalue weighted by atomic mass is 127. The third-order valence-electron chi connectivity index (χ3n) is 1.72. The van der Waals surface area contributed by atoms with Gasteiger partial charge in [-0.05, 0) is 13.3 Å². The molecule has 12 heavy (non-hydrogen) atoms. The van der Waals surface area contributed by atoms with Crippen molar-refractivity contribution in [2.45, 2.75) is 25.4 Å². The Morgan fingerprint density at radius 1 is 1.67 bits per heavy atom. The molecule has 1 rings (SSSR count). The number of hydrogen-bond donors (Lipinski definition) is 0. The van der Waals surface area contributed by atoms with Gasteiger partial charge in [0, 0.05) is 17.5 Å². The van der Waals surface area contributed by atoms with Crippen molar-refractivity contribution in [3.8, 4) is 0 Å². The number of ether oxygens (including phenoxy) is 2. The Labute approximate surface area is 85.9 Å². The quantitative estimate of drug-likeness (QED) is 0.416. The molecule has 0 bridgehead atoms. The van der Waals surface area contributed by atoms with Gasteiger partial charge in [0.1, 0.15) is 5.60 Å². The zero-order valence-electron chi connectivity index (χ0n) is 7.14. The molecule has 0 radical (unpaired) electrons. The van der Waals surface area contributed by atoms with Crippen LogP contribution in [0.5, 0.6) is 0 Å². The van der Waals surface area contributed by atoms with Gasteiger partial charge in [0.2, 0.25) is 0 Å². The fourth-order valence-corrected chi connectivity index (χ4v) is 1.40. The van der Waals surface area contributed by atoms with Crippen molar-refractivity contribution in [3.63, 3.8) is 0 Å². The number of halogens is 1. The number of carbonyl (C=O) groups excluding carboxylic acids is 1. The van der Waals surface area contributed by atoms with Gasteiger partial charge in [0.05, 0.1) is 6.61 Å². The average Bonchev–Trinajstić information content (AvgIpc) is 2.01. The third kappa shape index (κ3) is 2.90. The molecule has 0 N–H and O–H groups in total. The Hall–Kier alpha value is 0.160. The second kappa shape index (κ2) is 4.41. The number of cyclic esters (lactones) is 1. The van der Waals surface area contributed by atoms with Crippen LogP contribution in [0, 0.1) is 0 Å². The molecule has 3 nitrogen and oxygen atoms in total. The summed E-state index contributed by atoms with van der Waals surface area (Å²) < 4.78 is 11.4. The largest absolute Gasteiger partial charge is 0.456 e. The molecular weight excluding hydrogens is 271 g/mol. The zero-order valence-corrected chi connectivity index (χ0v) is 9.30. The summed E-state index contributed by atoms with van der Waals surface area (Å²) in [6.07, 6.45) is 1.25. The van der Waals surface area contributed by atoms with Gasteiger partial charge in [-0.3, -0.25) is 4.79 Å². The molecule has 1 aliphatic rings. The topological polar surface area (TPSA) is 35.5 Å². The van der Waals surface area contributed by atoms with E-state index in [1.807, 2.05) is 6.92 Å². The Balaban J connectivity index is 2.54. The van der Waals surface area contributed by atoms with Crippen molar-refractivity contribution in [2.24, 2.45) is 0 Å². The van der Waals surface area contributed by atoms with Crippen LogP contribution in [-0.2, 0) is 14.3 Å². The first-order chi connectivity index (χ1) is 5.66. The van der Waals surface area contributed by atoms with Gasteiger partial charge in [-0.15, -0.1) is 0 Å². The molecule has 0 saturated carbocycles. The van der Waals surface area contributed by atoms with E-state index in [9.17, 15) is 4.79 Å². The van der Waals surface area contributed by atoms with Crippen LogP contribution >= 0.6 is 22.6 Å². The highest BCUT2D eigenvalue weighted by Crippen LogP contribution is 2.18. The lowest BCUT2D eigenvalue weighted by Gasteiger charge is -2.29. The van der Waals surface area contributed by atoms with Crippen LogP contribution in [0.25, 0.3) is 0 Å². The predicted octanol–water partition coefficient (Wildman–Crippen LogP) is 1.53. The van der Waals surface area contributed by atoms with Gasteiger partial charge in [-0.25, -0.2) is 0 Å². The van der Waals surface area contributed by atoms with Crippen molar-refractivity contribution in [1.82, 2.24) is 0 Å². The number of alkyl halides is 1. The molecule has 0 aromatic rings. The molecule has 1 saturated heterocycles. The highest BCUT2D eigenvalue weighted by Gasteiger charge is 2.29. The molecule has 1 aliphatic heterocycles. The molecule has 0 aromatic heterocycles. The number of carbonyl (C=O) groups is 1. The van der Waals surface area contributed by atoms with Crippen molar-refractivity contribution < 1.29 is 14.3 Å².